The molecule has 3 heteroatoms. The summed E-state index contributed by atoms with van der Waals surface area (Å²) in [4.78, 5) is 13.5. The van der Waals surface area contributed by atoms with Crippen molar-refractivity contribution in [1.29, 1.82) is 0 Å². The van der Waals surface area contributed by atoms with E-state index in [-0.39, 0.29) is 5.78 Å². The highest BCUT2D eigenvalue weighted by molar-refractivity contribution is 6.19. The second-order valence-electron chi connectivity index (χ2n) is 6.74. The van der Waals surface area contributed by atoms with Gasteiger partial charge in [-0.25, -0.2) is 0 Å². The predicted octanol–water partition coefficient (Wildman–Crippen LogP) is 5.96. The second-order valence-corrected chi connectivity index (χ2v) is 6.74. The first-order valence-corrected chi connectivity index (χ1v) is 8.86. The molecule has 1 heterocycles. The van der Waals surface area contributed by atoms with Crippen LogP contribution in [-0.4, -0.2) is 12.9 Å². The molecule has 134 valence electrons. The highest BCUT2D eigenvalue weighted by Gasteiger charge is 2.23. The maximum Gasteiger partial charge on any atom is 0.197 e. The van der Waals surface area contributed by atoms with Gasteiger partial charge in [-0.2, -0.15) is 0 Å². The van der Waals surface area contributed by atoms with Crippen LogP contribution in [0.1, 0.15) is 27.0 Å². The smallest absolute Gasteiger partial charge is 0.197 e. The van der Waals surface area contributed by atoms with Gasteiger partial charge in [-0.15, -0.1) is 0 Å². The molecule has 0 spiro atoms. The lowest BCUT2D eigenvalue weighted by Gasteiger charge is -2.07. The van der Waals surface area contributed by atoms with Gasteiger partial charge < -0.3 is 9.15 Å². The lowest BCUT2D eigenvalue weighted by molar-refractivity contribution is 0.104. The molecule has 3 nitrogen and oxygen atoms in total. The van der Waals surface area contributed by atoms with Crippen molar-refractivity contribution in [3.8, 4) is 17.1 Å². The molecule has 1 aromatic heterocycles. The Morgan fingerprint density at radius 1 is 0.889 bits per heavy atom. The van der Waals surface area contributed by atoms with Crippen LogP contribution in [0.15, 0.2) is 71.1 Å². The number of rotatable bonds is 4. The summed E-state index contributed by atoms with van der Waals surface area (Å²) in [5.41, 5.74) is 4.96. The molecule has 0 aliphatic rings. The molecule has 0 amide bonds. The Labute approximate surface area is 158 Å². The van der Waals surface area contributed by atoms with E-state index in [0.717, 1.165) is 27.8 Å². The summed E-state index contributed by atoms with van der Waals surface area (Å²) in [6.07, 6.45) is 0. The zero-order valence-corrected chi connectivity index (χ0v) is 15.6. The Hall–Kier alpha value is -3.33. The van der Waals surface area contributed by atoms with Gasteiger partial charge in [-0.3, -0.25) is 4.79 Å². The fourth-order valence-corrected chi connectivity index (χ4v) is 3.47. The summed E-state index contributed by atoms with van der Waals surface area (Å²) in [6.45, 7) is 4.00. The predicted molar refractivity (Wildman–Crippen MR) is 108 cm³/mol. The molecular weight excluding hydrogens is 336 g/mol. The molecule has 0 saturated heterocycles. The molecule has 0 fully saturated rings. The number of furan rings is 1. The van der Waals surface area contributed by atoms with Gasteiger partial charge in [0.1, 0.15) is 17.1 Å². The van der Waals surface area contributed by atoms with E-state index < -0.39 is 0 Å². The Bertz CT molecular complexity index is 1110. The largest absolute Gasteiger partial charge is 0.497 e. The van der Waals surface area contributed by atoms with Crippen LogP contribution in [0.3, 0.4) is 0 Å². The minimum atomic E-state index is -0.0300. The van der Waals surface area contributed by atoms with Gasteiger partial charge in [0.25, 0.3) is 0 Å². The third-order valence-corrected chi connectivity index (χ3v) is 4.66. The van der Waals surface area contributed by atoms with Crippen LogP contribution >= 0.6 is 0 Å². The fraction of sp³-hybridized carbons (Fsp3) is 0.125. The number of para-hydroxylation sites is 1. The monoisotopic (exact) mass is 356 g/mol. The molecule has 27 heavy (non-hydrogen) atoms. The molecule has 4 rings (SSSR count). The summed E-state index contributed by atoms with van der Waals surface area (Å²) in [7, 11) is 1.63. The zero-order chi connectivity index (χ0) is 19.0. The Morgan fingerprint density at radius 3 is 2.22 bits per heavy atom. The van der Waals surface area contributed by atoms with E-state index in [2.05, 4.69) is 6.07 Å². The lowest BCUT2D eigenvalue weighted by Crippen LogP contribution is -2.03. The van der Waals surface area contributed by atoms with Crippen molar-refractivity contribution in [2.45, 2.75) is 13.8 Å². The SMILES string of the molecule is COc1ccc(-c2oc3ccccc3c2C(=O)c2cc(C)cc(C)c2)cc1. The molecule has 0 atom stereocenters. The normalized spacial score (nSPS) is 10.9. The molecule has 3 aromatic carbocycles. The average molecular weight is 356 g/mol. The van der Waals surface area contributed by atoms with Crippen LogP contribution in [0.5, 0.6) is 5.75 Å². The van der Waals surface area contributed by atoms with Crippen LogP contribution < -0.4 is 4.74 Å². The third-order valence-electron chi connectivity index (χ3n) is 4.66. The van der Waals surface area contributed by atoms with E-state index in [1.807, 2.05) is 74.5 Å². The van der Waals surface area contributed by atoms with Crippen molar-refractivity contribution in [2.75, 3.05) is 7.11 Å². The molecule has 0 bridgehead atoms. The Morgan fingerprint density at radius 2 is 1.56 bits per heavy atom. The minimum absolute atomic E-state index is 0.0300. The van der Waals surface area contributed by atoms with Crippen molar-refractivity contribution in [3.05, 3.63) is 89.0 Å². The van der Waals surface area contributed by atoms with E-state index in [1.165, 1.54) is 0 Å². The van der Waals surface area contributed by atoms with Gasteiger partial charge >= 0.3 is 0 Å². The maximum absolute atomic E-state index is 13.5. The number of hydrogen-bond donors (Lipinski definition) is 0. The number of carbonyl (C=O) groups is 1. The highest BCUT2D eigenvalue weighted by atomic mass is 16.5. The van der Waals surface area contributed by atoms with E-state index in [1.54, 1.807) is 7.11 Å². The second kappa shape index (κ2) is 6.76. The summed E-state index contributed by atoms with van der Waals surface area (Å²) >= 11 is 0. The number of aryl methyl sites for hydroxylation is 2. The van der Waals surface area contributed by atoms with Crippen molar-refractivity contribution in [1.82, 2.24) is 0 Å². The summed E-state index contributed by atoms with van der Waals surface area (Å²) in [5, 5.41) is 0.826. The van der Waals surface area contributed by atoms with Crippen LogP contribution in [0.2, 0.25) is 0 Å². The first-order chi connectivity index (χ1) is 13.1. The van der Waals surface area contributed by atoms with E-state index in [4.69, 9.17) is 9.15 Å². The topological polar surface area (TPSA) is 39.4 Å². The van der Waals surface area contributed by atoms with E-state index in [9.17, 15) is 4.79 Å². The first-order valence-electron chi connectivity index (χ1n) is 8.86. The van der Waals surface area contributed by atoms with Gasteiger partial charge in [0.2, 0.25) is 0 Å². The maximum atomic E-state index is 13.5. The molecule has 0 N–H and O–H groups in total. The van der Waals surface area contributed by atoms with Crippen LogP contribution in [0, 0.1) is 13.8 Å². The summed E-state index contributed by atoms with van der Waals surface area (Å²) in [5.74, 6) is 1.32. The highest BCUT2D eigenvalue weighted by Crippen LogP contribution is 2.36. The Balaban J connectivity index is 1.93. The first kappa shape index (κ1) is 17.1. The zero-order valence-electron chi connectivity index (χ0n) is 15.6. The fourth-order valence-electron chi connectivity index (χ4n) is 3.47. The van der Waals surface area contributed by atoms with Gasteiger partial charge in [-0.05, 0) is 56.3 Å². The quantitative estimate of drug-likeness (QED) is 0.424. The molecule has 0 radical (unpaired) electrons. The van der Waals surface area contributed by atoms with Crippen molar-refractivity contribution < 1.29 is 13.9 Å². The summed E-state index contributed by atoms with van der Waals surface area (Å²) < 4.78 is 11.3. The number of carbonyl (C=O) groups excluding carboxylic acids is 1. The molecule has 4 aromatic rings. The molecule has 0 aliphatic carbocycles. The summed E-state index contributed by atoms with van der Waals surface area (Å²) in [6, 6.07) is 21.1. The van der Waals surface area contributed by atoms with Gasteiger partial charge in [0.05, 0.1) is 12.7 Å². The van der Waals surface area contributed by atoms with Crippen molar-refractivity contribution in [3.63, 3.8) is 0 Å². The van der Waals surface area contributed by atoms with Crippen LogP contribution in [0.25, 0.3) is 22.3 Å². The third kappa shape index (κ3) is 3.13. The molecular formula is C24H20O3. The number of benzene rings is 3. The average Bonchev–Trinajstić information content (AvgIpc) is 3.06. The van der Waals surface area contributed by atoms with Crippen LogP contribution in [0.4, 0.5) is 0 Å². The van der Waals surface area contributed by atoms with E-state index in [0.29, 0.717) is 22.5 Å². The van der Waals surface area contributed by atoms with Crippen molar-refractivity contribution >= 4 is 16.8 Å². The number of methoxy groups -OCH3 is 1. The Kier molecular flexibility index (Phi) is 4.28. The lowest BCUT2D eigenvalue weighted by atomic mass is 9.95. The number of hydrogen-bond acceptors (Lipinski definition) is 3. The molecule has 0 aliphatic heterocycles. The number of ketones is 1. The van der Waals surface area contributed by atoms with Crippen molar-refractivity contribution in [2.24, 2.45) is 0 Å². The van der Waals surface area contributed by atoms with E-state index >= 15 is 0 Å². The molecule has 0 saturated carbocycles. The molecule has 0 unspecified atom stereocenters. The van der Waals surface area contributed by atoms with Gasteiger partial charge in [0.15, 0.2) is 5.78 Å². The standard InChI is InChI=1S/C24H20O3/c1-15-12-16(2)14-18(13-15)23(25)22-20-6-4-5-7-21(20)27-24(22)17-8-10-19(26-3)11-9-17/h4-14H,1-3H3. The number of fused-ring (bicyclic) bond motifs is 1. The minimum Gasteiger partial charge on any atom is -0.497 e. The van der Waals surface area contributed by atoms with Gasteiger partial charge in [-0.1, -0.05) is 35.4 Å². The van der Waals surface area contributed by atoms with Gasteiger partial charge in [0, 0.05) is 16.5 Å². The van der Waals surface area contributed by atoms with Crippen LogP contribution in [-0.2, 0) is 0 Å². The number of ether oxygens (including phenoxy) is 1.